The van der Waals surface area contributed by atoms with E-state index >= 15 is 0 Å². The molecule has 0 aliphatic carbocycles. The van der Waals surface area contributed by atoms with Gasteiger partial charge in [0.05, 0.1) is 5.75 Å². The van der Waals surface area contributed by atoms with Gasteiger partial charge in [0.15, 0.2) is 0 Å². The van der Waals surface area contributed by atoms with E-state index in [1.165, 1.54) is 6.08 Å². The third-order valence-electron chi connectivity index (χ3n) is 0.580. The molecule has 146 valence electrons. The second-order valence-electron chi connectivity index (χ2n) is 2.85. The van der Waals surface area contributed by atoms with Crippen LogP contribution in [0.2, 0.25) is 0 Å². The molecule has 0 unspecified atom stereocenters. The summed E-state index contributed by atoms with van der Waals surface area (Å²) in [7, 11) is -21.8. The first-order valence-electron chi connectivity index (χ1n) is 4.74. The summed E-state index contributed by atoms with van der Waals surface area (Å²) in [5.74, 6) is -0.226. The van der Waals surface area contributed by atoms with Crippen LogP contribution < -0.4 is 18.9 Å². The van der Waals surface area contributed by atoms with Crippen LogP contribution in [0.25, 0.3) is 0 Å². The van der Waals surface area contributed by atoms with Gasteiger partial charge in [0.25, 0.3) is 10.1 Å². The SMILES string of the molecule is C=CCCS(=O)(=O)O.F[B-](F)(F)F.F[B-](F)(F)F.F[B-](F)(F)F.[H-].[Li+]. The first-order chi connectivity index (χ1) is 9.56. The van der Waals surface area contributed by atoms with Crippen molar-refractivity contribution in [2.24, 2.45) is 0 Å². The van der Waals surface area contributed by atoms with Crippen molar-refractivity contribution in [1.29, 1.82) is 0 Å². The molecule has 0 atom stereocenters. The molecule has 0 saturated heterocycles. The smallest absolute Gasteiger partial charge is 1.00 e. The Morgan fingerprint density at radius 2 is 0.958 bits per heavy atom. The van der Waals surface area contributed by atoms with E-state index in [0.29, 0.717) is 6.42 Å². The minimum Gasteiger partial charge on any atom is -1.00 e. The number of hydrogen-bond donors (Lipinski definition) is 1. The normalized spacial score (nSPS) is 11.2. The predicted octanol–water partition coefficient (Wildman–Crippen LogP) is 1.47. The van der Waals surface area contributed by atoms with Gasteiger partial charge in [0, 0.05) is 0 Å². The summed E-state index contributed by atoms with van der Waals surface area (Å²) in [6, 6.07) is 0. The van der Waals surface area contributed by atoms with E-state index in [1.807, 2.05) is 0 Å². The van der Waals surface area contributed by atoms with Crippen molar-refractivity contribution in [1.82, 2.24) is 0 Å². The maximum Gasteiger partial charge on any atom is 1.00 e. The summed E-state index contributed by atoms with van der Waals surface area (Å²) in [6.45, 7) is 3.29. The molecule has 0 fully saturated rings. The fourth-order valence-electron chi connectivity index (χ4n) is 0.232. The molecule has 3 nitrogen and oxygen atoms in total. The van der Waals surface area contributed by atoms with Crippen LogP contribution in [0.3, 0.4) is 0 Å². The topological polar surface area (TPSA) is 54.4 Å². The molecule has 0 aromatic rings. The molecule has 0 aromatic heterocycles. The van der Waals surface area contributed by atoms with Gasteiger partial charge in [-0.25, -0.2) is 0 Å². The second-order valence-corrected chi connectivity index (χ2v) is 4.42. The Balaban J connectivity index is -0.0000000481. The molecular weight excluding hydrogens is 395 g/mol. The Morgan fingerprint density at radius 3 is 1.00 bits per heavy atom. The zero-order chi connectivity index (χ0) is 20.1. The van der Waals surface area contributed by atoms with Crippen molar-refractivity contribution >= 4 is 31.9 Å². The van der Waals surface area contributed by atoms with E-state index in [0.717, 1.165) is 0 Å². The Bertz CT molecular complexity index is 351. The van der Waals surface area contributed by atoms with Crippen molar-refractivity contribution in [3.63, 3.8) is 0 Å². The van der Waals surface area contributed by atoms with Crippen LogP contribution in [-0.4, -0.2) is 40.5 Å². The maximum absolute atomic E-state index is 9.90. The molecule has 0 rings (SSSR count). The maximum atomic E-state index is 9.90. The van der Waals surface area contributed by atoms with E-state index in [-0.39, 0.29) is 26.0 Å². The van der Waals surface area contributed by atoms with E-state index in [4.69, 9.17) is 4.55 Å². The van der Waals surface area contributed by atoms with Crippen molar-refractivity contribution in [3.05, 3.63) is 12.7 Å². The van der Waals surface area contributed by atoms with Gasteiger partial charge in [-0.3, -0.25) is 4.55 Å². The van der Waals surface area contributed by atoms with Crippen LogP contribution in [0, 0.1) is 0 Å². The summed E-state index contributed by atoms with van der Waals surface area (Å²) >= 11 is 0. The summed E-state index contributed by atoms with van der Waals surface area (Å²) in [5, 5.41) is 0. The van der Waals surface area contributed by atoms with Crippen LogP contribution >= 0.6 is 0 Å². The monoisotopic (exact) mass is 405 g/mol. The molecule has 0 heterocycles. The van der Waals surface area contributed by atoms with Crippen molar-refractivity contribution in [2.45, 2.75) is 6.42 Å². The van der Waals surface area contributed by atoms with Gasteiger partial charge in [-0.2, -0.15) is 8.42 Å². The molecule has 0 radical (unpaired) electrons. The summed E-state index contributed by atoms with van der Waals surface area (Å²) < 4.78 is 145. The third-order valence-corrected chi connectivity index (χ3v) is 1.33. The first-order valence-corrected chi connectivity index (χ1v) is 6.35. The molecular formula is C4H9B3F12LiO3S-3. The average molecular weight is 405 g/mol. The molecule has 0 saturated carbocycles. The predicted molar refractivity (Wildman–Crippen MR) is 62.9 cm³/mol. The fraction of sp³-hybridized carbons (Fsp3) is 0.500. The molecule has 0 aliphatic rings. The standard InChI is InChI=1S/C4H8O3S.3BF4.Li.H/c1-2-3-4-8(5,6)7;3*2-1(3,4)5;;/h2H,1,3-4H2,(H,5,6,7);;;;;/q;3*-1;+1;-1. The Morgan fingerprint density at radius 1 is 0.792 bits per heavy atom. The van der Waals surface area contributed by atoms with Crippen LogP contribution in [0.4, 0.5) is 51.8 Å². The van der Waals surface area contributed by atoms with E-state index < -0.39 is 31.9 Å². The summed E-state index contributed by atoms with van der Waals surface area (Å²) in [5.41, 5.74) is 0. The Hall–Kier alpha value is -0.398. The van der Waals surface area contributed by atoms with Gasteiger partial charge in [0.1, 0.15) is 0 Å². The number of halogens is 12. The molecule has 0 aliphatic heterocycles. The minimum absolute atomic E-state index is 0. The number of hydrogen-bond acceptors (Lipinski definition) is 2. The molecule has 0 amide bonds. The van der Waals surface area contributed by atoms with E-state index in [1.54, 1.807) is 0 Å². The quantitative estimate of drug-likeness (QED) is 0.335. The minimum atomic E-state index is -6.00. The van der Waals surface area contributed by atoms with Gasteiger partial charge in [-0.05, 0) is 6.42 Å². The van der Waals surface area contributed by atoms with Crippen molar-refractivity contribution in [3.8, 4) is 0 Å². The van der Waals surface area contributed by atoms with Gasteiger partial charge < -0.3 is 53.2 Å². The average Bonchev–Trinajstić information content (AvgIpc) is 2.04. The van der Waals surface area contributed by atoms with Gasteiger partial charge in [-0.15, -0.1) is 6.58 Å². The van der Waals surface area contributed by atoms with Gasteiger partial charge >= 0.3 is 40.6 Å². The summed E-state index contributed by atoms with van der Waals surface area (Å²) in [4.78, 5) is 0. The molecule has 1 N–H and O–H groups in total. The van der Waals surface area contributed by atoms with E-state index in [9.17, 15) is 60.2 Å². The second kappa shape index (κ2) is 14.9. The number of rotatable bonds is 3. The van der Waals surface area contributed by atoms with Crippen molar-refractivity contribution < 1.29 is 85.0 Å². The molecule has 20 heteroatoms. The zero-order valence-electron chi connectivity index (χ0n) is 12.6. The first kappa shape index (κ1) is 34.8. The van der Waals surface area contributed by atoms with Crippen molar-refractivity contribution in [2.75, 3.05) is 5.75 Å². The molecule has 0 spiro atoms. The molecule has 0 bridgehead atoms. The van der Waals surface area contributed by atoms with Crippen LogP contribution in [0.5, 0.6) is 0 Å². The van der Waals surface area contributed by atoms with Gasteiger partial charge in [0.2, 0.25) is 0 Å². The molecule has 0 aromatic carbocycles. The van der Waals surface area contributed by atoms with Crippen LogP contribution in [0.1, 0.15) is 7.85 Å². The Labute approximate surface area is 142 Å². The van der Waals surface area contributed by atoms with Gasteiger partial charge in [-0.1, -0.05) is 6.08 Å². The Kier molecular flexibility index (Phi) is 21.6. The third kappa shape index (κ3) is 433. The van der Waals surface area contributed by atoms with E-state index in [2.05, 4.69) is 6.58 Å². The zero-order valence-corrected chi connectivity index (χ0v) is 12.5. The summed E-state index contributed by atoms with van der Waals surface area (Å²) in [6.07, 6.45) is 1.74. The van der Waals surface area contributed by atoms with Crippen LogP contribution in [0.15, 0.2) is 12.7 Å². The fourth-order valence-corrected chi connectivity index (χ4v) is 0.697. The number of allylic oxidation sites excluding steroid dienone is 1. The van der Waals surface area contributed by atoms with Crippen LogP contribution in [-0.2, 0) is 10.1 Å². The largest absolute Gasteiger partial charge is 1.00 e. The molecule has 24 heavy (non-hydrogen) atoms.